The monoisotopic (exact) mass is 428 g/mol. The molecule has 3 aromatic rings. The Hall–Kier alpha value is -3.21. The van der Waals surface area contributed by atoms with Crippen molar-refractivity contribution in [3.8, 4) is 17.2 Å². The molecule has 1 saturated heterocycles. The highest BCUT2D eigenvalue weighted by Crippen LogP contribution is 2.44. The van der Waals surface area contributed by atoms with Crippen LogP contribution in [0.1, 0.15) is 54.5 Å². The van der Waals surface area contributed by atoms with Crippen LogP contribution >= 0.6 is 11.3 Å². The molecule has 1 N–H and O–H groups in total. The fourth-order valence-corrected chi connectivity index (χ4v) is 4.46. The largest absolute Gasteiger partial charge is 0.444 e. The number of nitrogens with one attached hydrogen (secondary N) is 1. The molecule has 5 heterocycles. The first kappa shape index (κ1) is 18.8. The number of amides is 2. The van der Waals surface area contributed by atoms with Gasteiger partial charge in [-0.2, -0.15) is 4.98 Å². The number of alkyl carbamates (subject to hydrolysis) is 1. The van der Waals surface area contributed by atoms with E-state index < -0.39 is 11.7 Å². The van der Waals surface area contributed by atoms with Gasteiger partial charge in [0.15, 0.2) is 0 Å². The summed E-state index contributed by atoms with van der Waals surface area (Å²) in [5.74, 6) is 0.605. The third-order valence-corrected chi connectivity index (χ3v) is 5.85. The van der Waals surface area contributed by atoms with Crippen LogP contribution in [0.3, 0.4) is 0 Å². The van der Waals surface area contributed by atoms with Gasteiger partial charge in [0.1, 0.15) is 29.0 Å². The van der Waals surface area contributed by atoms with Crippen molar-refractivity contribution in [1.29, 1.82) is 0 Å². The van der Waals surface area contributed by atoms with Gasteiger partial charge in [-0.05, 0) is 38.6 Å². The fraction of sp³-hybridized carbons (Fsp3) is 0.421. The highest BCUT2D eigenvalue weighted by atomic mass is 32.1. The van der Waals surface area contributed by atoms with E-state index in [1.807, 2.05) is 20.9 Å². The third kappa shape index (κ3) is 3.05. The Morgan fingerprint density at radius 2 is 2.27 bits per heavy atom. The molecule has 0 aliphatic carbocycles. The second kappa shape index (κ2) is 6.66. The maximum absolute atomic E-state index is 12.8. The smallest absolute Gasteiger partial charge is 0.408 e. The van der Waals surface area contributed by atoms with Gasteiger partial charge in [-0.15, -0.1) is 11.3 Å². The third-order valence-electron chi connectivity index (χ3n) is 4.96. The zero-order chi connectivity index (χ0) is 21.0. The molecule has 3 aromatic heterocycles. The van der Waals surface area contributed by atoms with Crippen LogP contribution in [0.5, 0.6) is 0 Å². The van der Waals surface area contributed by atoms with E-state index >= 15 is 0 Å². The Morgan fingerprint density at radius 1 is 1.43 bits per heavy atom. The summed E-state index contributed by atoms with van der Waals surface area (Å²) in [6, 6.07) is 1.85. The zero-order valence-electron chi connectivity index (χ0n) is 16.7. The summed E-state index contributed by atoms with van der Waals surface area (Å²) in [6.07, 6.45) is 1.98. The average molecular weight is 428 g/mol. The SMILES string of the molecule is CC(C)(C)OC(=O)NCc1nc(-c2ncn3c2[C@@H]2CCN2C(=O)c2sccc2-3)no1. The van der Waals surface area contributed by atoms with Gasteiger partial charge in [-0.3, -0.25) is 9.36 Å². The number of carbonyl (C=O) groups excluding carboxylic acids is 2. The average Bonchev–Trinajstić information content (AvgIpc) is 3.35. The lowest BCUT2D eigenvalue weighted by molar-refractivity contribution is 0.0465. The first-order valence-corrected chi connectivity index (χ1v) is 10.5. The van der Waals surface area contributed by atoms with Gasteiger partial charge >= 0.3 is 6.09 Å². The lowest BCUT2D eigenvalue weighted by atomic mass is 9.98. The molecule has 0 aromatic carbocycles. The summed E-state index contributed by atoms with van der Waals surface area (Å²) in [5, 5.41) is 8.54. The summed E-state index contributed by atoms with van der Waals surface area (Å²) in [4.78, 5) is 36.1. The van der Waals surface area contributed by atoms with Crippen LogP contribution in [-0.2, 0) is 11.3 Å². The van der Waals surface area contributed by atoms with Crippen molar-refractivity contribution >= 4 is 23.3 Å². The number of thiophene rings is 1. The number of nitrogens with zero attached hydrogens (tertiary/aromatic N) is 5. The maximum atomic E-state index is 12.8. The van der Waals surface area contributed by atoms with Gasteiger partial charge < -0.3 is 19.5 Å². The van der Waals surface area contributed by atoms with Crippen molar-refractivity contribution in [2.45, 2.75) is 45.4 Å². The summed E-state index contributed by atoms with van der Waals surface area (Å²) < 4.78 is 12.4. The first-order chi connectivity index (χ1) is 14.3. The number of fused-ring (bicyclic) bond motifs is 5. The van der Waals surface area contributed by atoms with Crippen molar-refractivity contribution in [1.82, 2.24) is 29.9 Å². The first-order valence-electron chi connectivity index (χ1n) is 9.58. The number of imidazole rings is 1. The molecule has 0 bridgehead atoms. The lowest BCUT2D eigenvalue weighted by Crippen LogP contribution is -2.44. The quantitative estimate of drug-likeness (QED) is 0.682. The van der Waals surface area contributed by atoms with Gasteiger partial charge in [0.05, 0.1) is 17.4 Å². The standard InChI is InChI=1S/C19H20N6O4S/c1-19(2,3)28-18(27)20-8-12-22-16(23-29-12)13-14-10-4-6-24(10)17(26)15-11(5-7-30-15)25(14)9-21-13/h5,7,9-10H,4,6,8H2,1-3H3,(H,20,27)/t10-/m0/s1. The molecular weight excluding hydrogens is 408 g/mol. The summed E-state index contributed by atoms with van der Waals surface area (Å²) in [5.41, 5.74) is 1.68. The van der Waals surface area contributed by atoms with E-state index in [-0.39, 0.29) is 24.4 Å². The molecule has 0 radical (unpaired) electrons. The maximum Gasteiger partial charge on any atom is 0.408 e. The fourth-order valence-electron chi connectivity index (χ4n) is 3.62. The van der Waals surface area contributed by atoms with Crippen molar-refractivity contribution in [2.24, 2.45) is 0 Å². The minimum atomic E-state index is -0.593. The summed E-state index contributed by atoms with van der Waals surface area (Å²) >= 11 is 1.43. The second-order valence-electron chi connectivity index (χ2n) is 8.15. The predicted octanol–water partition coefficient (Wildman–Crippen LogP) is 2.91. The van der Waals surface area contributed by atoms with Crippen LogP contribution in [0.25, 0.3) is 17.2 Å². The van der Waals surface area contributed by atoms with Crippen LogP contribution < -0.4 is 5.32 Å². The van der Waals surface area contributed by atoms with Crippen molar-refractivity contribution < 1.29 is 18.8 Å². The molecule has 0 unspecified atom stereocenters. The zero-order valence-corrected chi connectivity index (χ0v) is 17.5. The van der Waals surface area contributed by atoms with Gasteiger partial charge in [0.2, 0.25) is 11.7 Å². The number of carbonyl (C=O) groups is 2. The predicted molar refractivity (Wildman–Crippen MR) is 106 cm³/mol. The van der Waals surface area contributed by atoms with E-state index in [2.05, 4.69) is 20.4 Å². The number of rotatable bonds is 3. The normalized spacial score (nSPS) is 17.5. The topological polar surface area (TPSA) is 115 Å². The van der Waals surface area contributed by atoms with Gasteiger partial charge in [-0.25, -0.2) is 9.78 Å². The Bertz CT molecular complexity index is 1140. The van der Waals surface area contributed by atoms with Gasteiger partial charge in [0.25, 0.3) is 5.91 Å². The van der Waals surface area contributed by atoms with Crippen molar-refractivity contribution in [3.05, 3.63) is 34.2 Å². The van der Waals surface area contributed by atoms with Crippen molar-refractivity contribution in [2.75, 3.05) is 6.54 Å². The minimum Gasteiger partial charge on any atom is -0.444 e. The van der Waals surface area contributed by atoms with E-state index in [0.29, 0.717) is 22.9 Å². The molecule has 2 amide bonds. The highest BCUT2D eigenvalue weighted by molar-refractivity contribution is 7.12. The van der Waals surface area contributed by atoms with E-state index in [9.17, 15) is 9.59 Å². The Labute approximate surface area is 175 Å². The van der Waals surface area contributed by atoms with Crippen LogP contribution in [-0.4, -0.2) is 48.7 Å². The molecule has 2 aliphatic heterocycles. The van der Waals surface area contributed by atoms with E-state index in [0.717, 1.165) is 17.8 Å². The summed E-state index contributed by atoms with van der Waals surface area (Å²) in [6.45, 7) is 6.11. The van der Waals surface area contributed by atoms with E-state index in [4.69, 9.17) is 9.26 Å². The highest BCUT2D eigenvalue weighted by Gasteiger charge is 2.42. The van der Waals surface area contributed by atoms with Gasteiger partial charge in [-0.1, -0.05) is 5.16 Å². The van der Waals surface area contributed by atoms with Crippen LogP contribution in [0.2, 0.25) is 0 Å². The molecule has 156 valence electrons. The lowest BCUT2D eigenvalue weighted by Gasteiger charge is -2.39. The Balaban J connectivity index is 1.42. The second-order valence-corrected chi connectivity index (χ2v) is 9.07. The molecule has 1 atom stereocenters. The van der Waals surface area contributed by atoms with Crippen LogP contribution in [0, 0.1) is 0 Å². The molecule has 30 heavy (non-hydrogen) atoms. The Kier molecular flexibility index (Phi) is 4.17. The molecule has 10 nitrogen and oxygen atoms in total. The summed E-state index contributed by atoms with van der Waals surface area (Å²) in [7, 11) is 0. The number of aromatic nitrogens is 4. The molecule has 0 saturated carbocycles. The van der Waals surface area contributed by atoms with Crippen LogP contribution in [0.15, 0.2) is 22.3 Å². The van der Waals surface area contributed by atoms with E-state index in [1.165, 1.54) is 11.3 Å². The van der Waals surface area contributed by atoms with Gasteiger partial charge in [0, 0.05) is 6.54 Å². The molecule has 1 fully saturated rings. The number of hydrogen-bond donors (Lipinski definition) is 1. The molecule has 0 spiro atoms. The van der Waals surface area contributed by atoms with Crippen LogP contribution in [0.4, 0.5) is 4.79 Å². The molecular formula is C19H20N6O4S. The van der Waals surface area contributed by atoms with E-state index in [1.54, 1.807) is 27.1 Å². The number of ether oxygens (including phenoxy) is 1. The molecule has 5 rings (SSSR count). The van der Waals surface area contributed by atoms with Crippen molar-refractivity contribution in [3.63, 3.8) is 0 Å². The number of hydrogen-bond acceptors (Lipinski definition) is 8. The Morgan fingerprint density at radius 3 is 3.00 bits per heavy atom. The molecule has 11 heteroatoms. The molecule has 2 aliphatic rings. The minimum absolute atomic E-state index is 0.0423.